The summed E-state index contributed by atoms with van der Waals surface area (Å²) in [5, 5.41) is 9.95. The number of ether oxygens (including phenoxy) is 1. The van der Waals surface area contributed by atoms with Gasteiger partial charge in [-0.3, -0.25) is 9.59 Å². The maximum Gasteiger partial charge on any atom is 0.257 e. The highest BCUT2D eigenvalue weighted by molar-refractivity contribution is 7.89. The van der Waals surface area contributed by atoms with E-state index >= 15 is 0 Å². The second-order valence-corrected chi connectivity index (χ2v) is 10.3. The molecule has 2 N–H and O–H groups in total. The van der Waals surface area contributed by atoms with Gasteiger partial charge in [0.2, 0.25) is 10.0 Å². The number of carbonyl (C=O) groups excluding carboxylic acids is 2. The van der Waals surface area contributed by atoms with Crippen LogP contribution in [0.3, 0.4) is 0 Å². The standard InChI is InChI=1S/C24H29N3O6S/c1-33-21-11-10-17(16-22(21)34(31,32)25-18-6-2-3-7-18)23(29)26-12-14-27(15-13-26)24(30)19-8-4-5-9-20(19)28/h4-5,8-11,16,18,25,28H,2-3,6-7,12-15H2,1H3. The molecule has 2 aromatic rings. The minimum Gasteiger partial charge on any atom is -0.507 e. The quantitative estimate of drug-likeness (QED) is 0.646. The highest BCUT2D eigenvalue weighted by Crippen LogP contribution is 2.28. The number of para-hydroxylation sites is 1. The second-order valence-electron chi connectivity index (χ2n) is 8.57. The van der Waals surface area contributed by atoms with E-state index in [0.717, 1.165) is 25.7 Å². The van der Waals surface area contributed by atoms with Gasteiger partial charge in [-0.25, -0.2) is 13.1 Å². The molecule has 0 spiro atoms. The van der Waals surface area contributed by atoms with Gasteiger partial charge in [-0.2, -0.15) is 0 Å². The van der Waals surface area contributed by atoms with Crippen LogP contribution in [0.1, 0.15) is 46.4 Å². The van der Waals surface area contributed by atoms with Gasteiger partial charge in [0.1, 0.15) is 16.4 Å². The molecule has 9 nitrogen and oxygen atoms in total. The molecule has 0 bridgehead atoms. The predicted octanol–water partition coefficient (Wildman–Crippen LogP) is 2.22. The molecule has 1 aliphatic carbocycles. The number of benzene rings is 2. The Kier molecular flexibility index (Phi) is 7.08. The van der Waals surface area contributed by atoms with E-state index in [1.807, 2.05) is 0 Å². The van der Waals surface area contributed by atoms with Crippen molar-refractivity contribution in [2.75, 3.05) is 33.3 Å². The number of amides is 2. The van der Waals surface area contributed by atoms with Crippen LogP contribution in [0.4, 0.5) is 0 Å². The Morgan fingerprint density at radius 1 is 0.971 bits per heavy atom. The Morgan fingerprint density at radius 3 is 2.21 bits per heavy atom. The number of hydrogen-bond donors (Lipinski definition) is 2. The number of aromatic hydroxyl groups is 1. The molecule has 0 unspecified atom stereocenters. The molecule has 34 heavy (non-hydrogen) atoms. The summed E-state index contributed by atoms with van der Waals surface area (Å²) in [6.07, 6.45) is 3.57. The van der Waals surface area contributed by atoms with Gasteiger partial charge >= 0.3 is 0 Å². The summed E-state index contributed by atoms with van der Waals surface area (Å²) in [7, 11) is -2.46. The molecule has 2 aliphatic rings. The number of piperazine rings is 1. The largest absolute Gasteiger partial charge is 0.507 e. The lowest BCUT2D eigenvalue weighted by molar-refractivity contribution is 0.0533. The molecule has 1 heterocycles. The van der Waals surface area contributed by atoms with E-state index in [9.17, 15) is 23.1 Å². The Labute approximate surface area is 199 Å². The molecule has 1 saturated carbocycles. The number of rotatable bonds is 6. The van der Waals surface area contributed by atoms with Gasteiger partial charge in [0.05, 0.1) is 12.7 Å². The van der Waals surface area contributed by atoms with Crippen molar-refractivity contribution in [1.29, 1.82) is 0 Å². The van der Waals surface area contributed by atoms with Crippen LogP contribution in [0.15, 0.2) is 47.4 Å². The van der Waals surface area contributed by atoms with Gasteiger partial charge < -0.3 is 19.6 Å². The maximum absolute atomic E-state index is 13.2. The maximum atomic E-state index is 13.2. The molecule has 2 fully saturated rings. The van der Waals surface area contributed by atoms with E-state index in [-0.39, 0.29) is 45.4 Å². The first kappa shape index (κ1) is 24.0. The summed E-state index contributed by atoms with van der Waals surface area (Å²) < 4.78 is 34.0. The van der Waals surface area contributed by atoms with Crippen molar-refractivity contribution in [2.45, 2.75) is 36.6 Å². The third-order valence-corrected chi connectivity index (χ3v) is 7.91. The fourth-order valence-corrected chi connectivity index (χ4v) is 5.97. The minimum absolute atomic E-state index is 0.0545. The number of sulfonamides is 1. The number of nitrogens with one attached hydrogen (secondary N) is 1. The van der Waals surface area contributed by atoms with Crippen molar-refractivity contribution in [3.63, 3.8) is 0 Å². The lowest BCUT2D eigenvalue weighted by Crippen LogP contribution is -2.50. The fourth-order valence-electron chi connectivity index (χ4n) is 4.47. The number of nitrogens with zero attached hydrogens (tertiary/aromatic N) is 2. The van der Waals surface area contributed by atoms with E-state index in [1.165, 1.54) is 25.3 Å². The van der Waals surface area contributed by atoms with Crippen LogP contribution in [0.5, 0.6) is 11.5 Å². The highest BCUT2D eigenvalue weighted by atomic mass is 32.2. The first-order valence-electron chi connectivity index (χ1n) is 11.4. The molecule has 2 aromatic carbocycles. The average Bonchev–Trinajstić information content (AvgIpc) is 3.35. The molecule has 1 saturated heterocycles. The van der Waals surface area contributed by atoms with Crippen molar-refractivity contribution in [3.8, 4) is 11.5 Å². The van der Waals surface area contributed by atoms with E-state index in [4.69, 9.17) is 4.74 Å². The predicted molar refractivity (Wildman–Crippen MR) is 125 cm³/mol. The fraction of sp³-hybridized carbons (Fsp3) is 0.417. The van der Waals surface area contributed by atoms with Gasteiger partial charge in [-0.1, -0.05) is 25.0 Å². The van der Waals surface area contributed by atoms with Crippen LogP contribution in [-0.2, 0) is 10.0 Å². The van der Waals surface area contributed by atoms with Crippen molar-refractivity contribution in [3.05, 3.63) is 53.6 Å². The lowest BCUT2D eigenvalue weighted by Gasteiger charge is -2.35. The molecule has 10 heteroatoms. The van der Waals surface area contributed by atoms with Crippen molar-refractivity contribution < 1.29 is 27.9 Å². The van der Waals surface area contributed by atoms with Crippen LogP contribution in [0.2, 0.25) is 0 Å². The lowest BCUT2D eigenvalue weighted by atomic mass is 10.1. The zero-order valence-corrected chi connectivity index (χ0v) is 19.9. The van der Waals surface area contributed by atoms with Crippen molar-refractivity contribution >= 4 is 21.8 Å². The van der Waals surface area contributed by atoms with Crippen LogP contribution in [-0.4, -0.2) is 74.5 Å². The molecule has 182 valence electrons. The summed E-state index contributed by atoms with van der Waals surface area (Å²) in [5.41, 5.74) is 0.468. The number of hydrogen-bond acceptors (Lipinski definition) is 6. The smallest absolute Gasteiger partial charge is 0.257 e. The Bertz CT molecular complexity index is 1170. The van der Waals surface area contributed by atoms with Gasteiger partial charge in [0.25, 0.3) is 11.8 Å². The normalized spacial score (nSPS) is 17.1. The Morgan fingerprint density at radius 2 is 1.59 bits per heavy atom. The SMILES string of the molecule is COc1ccc(C(=O)N2CCN(C(=O)c3ccccc3O)CC2)cc1S(=O)(=O)NC1CCCC1. The van der Waals surface area contributed by atoms with Gasteiger partial charge in [-0.15, -0.1) is 0 Å². The topological polar surface area (TPSA) is 116 Å². The first-order valence-corrected chi connectivity index (χ1v) is 12.9. The molecular formula is C24H29N3O6S. The monoisotopic (exact) mass is 487 g/mol. The van der Waals surface area contributed by atoms with Crippen LogP contribution in [0.25, 0.3) is 0 Å². The van der Waals surface area contributed by atoms with Crippen LogP contribution in [0, 0.1) is 0 Å². The van der Waals surface area contributed by atoms with Crippen LogP contribution < -0.4 is 9.46 Å². The van der Waals surface area contributed by atoms with Gasteiger partial charge in [-0.05, 0) is 43.2 Å². The summed E-state index contributed by atoms with van der Waals surface area (Å²) in [6, 6.07) is 10.7. The van der Waals surface area contributed by atoms with E-state index in [1.54, 1.807) is 34.1 Å². The molecular weight excluding hydrogens is 458 g/mol. The molecule has 2 amide bonds. The average molecular weight is 488 g/mol. The van der Waals surface area contributed by atoms with Gasteiger partial charge in [0.15, 0.2) is 0 Å². The number of methoxy groups -OCH3 is 1. The molecule has 0 radical (unpaired) electrons. The minimum atomic E-state index is -3.85. The number of phenolic OH excluding ortho intramolecular Hbond substituents is 1. The van der Waals surface area contributed by atoms with Crippen LogP contribution >= 0.6 is 0 Å². The summed E-state index contributed by atoms with van der Waals surface area (Å²) in [6.45, 7) is 1.21. The first-order chi connectivity index (χ1) is 16.3. The van der Waals surface area contributed by atoms with Gasteiger partial charge in [0, 0.05) is 37.8 Å². The summed E-state index contributed by atoms with van der Waals surface area (Å²) >= 11 is 0. The number of carbonyl (C=O) groups is 2. The van der Waals surface area contributed by atoms with Crippen molar-refractivity contribution in [2.24, 2.45) is 0 Å². The number of phenols is 1. The van der Waals surface area contributed by atoms with E-state index in [0.29, 0.717) is 26.2 Å². The van der Waals surface area contributed by atoms with E-state index in [2.05, 4.69) is 4.72 Å². The third kappa shape index (κ3) is 5.02. The Hall–Kier alpha value is -3.11. The third-order valence-electron chi connectivity index (χ3n) is 6.37. The zero-order valence-electron chi connectivity index (χ0n) is 19.1. The zero-order chi connectivity index (χ0) is 24.3. The van der Waals surface area contributed by atoms with Crippen molar-refractivity contribution in [1.82, 2.24) is 14.5 Å². The van der Waals surface area contributed by atoms with E-state index < -0.39 is 10.0 Å². The Balaban J connectivity index is 1.47. The second kappa shape index (κ2) is 10.0. The molecule has 0 aromatic heterocycles. The summed E-state index contributed by atoms with van der Waals surface area (Å²) in [5.74, 6) is -0.500. The molecule has 1 aliphatic heterocycles. The highest BCUT2D eigenvalue weighted by Gasteiger charge is 2.29. The summed E-state index contributed by atoms with van der Waals surface area (Å²) in [4.78, 5) is 29.0. The molecule has 4 rings (SSSR count). The molecule has 0 atom stereocenters.